The summed E-state index contributed by atoms with van der Waals surface area (Å²) in [5.41, 5.74) is 8.93. The molecule has 252 valence electrons. The summed E-state index contributed by atoms with van der Waals surface area (Å²) < 4.78 is 2.56. The van der Waals surface area contributed by atoms with Crippen molar-refractivity contribution in [2.45, 2.75) is 0 Å². The van der Waals surface area contributed by atoms with E-state index >= 15 is 0 Å². The van der Waals surface area contributed by atoms with E-state index in [1.165, 1.54) is 53.3 Å². The monoisotopic (exact) mass is 706 g/mol. The molecule has 1 aliphatic rings. The molecule has 0 spiro atoms. The SMILES string of the molecule is C1=CN(c2ccccc2)c2c3sc4cccc(-c5cccc6c(-c7nc(-c8ccccc8)nc(-c8ccccc8)n7)cccc56)c4c3cc3cccc1c23. The molecular formula is C49H30N4S. The molecule has 0 saturated carbocycles. The molecular weight excluding hydrogens is 677 g/mol. The Morgan fingerprint density at radius 1 is 0.444 bits per heavy atom. The van der Waals surface area contributed by atoms with Crippen LogP contribution < -0.4 is 4.90 Å². The molecule has 0 bridgehead atoms. The second kappa shape index (κ2) is 12.3. The van der Waals surface area contributed by atoms with Crippen LogP contribution in [-0.4, -0.2) is 15.0 Å². The van der Waals surface area contributed by atoms with Crippen molar-refractivity contribution in [1.82, 2.24) is 15.0 Å². The summed E-state index contributed by atoms with van der Waals surface area (Å²) in [4.78, 5) is 17.5. The standard InChI is InChI=1S/C49H30N4S/c1-4-14-32(15-5-1)47-50-48(33-16-6-2-7-17-33)52-49(51-47)40-26-12-22-36-37(23-11-24-38(36)40)39-25-13-27-42-44(39)41-30-34-19-10-18-31-28-29-53(35-20-8-3-9-21-35)45(43(31)34)46(41)54-42/h1-30H. The number of benzene rings is 8. The molecule has 0 N–H and O–H groups in total. The van der Waals surface area contributed by atoms with Gasteiger partial charge in [0.1, 0.15) is 0 Å². The topological polar surface area (TPSA) is 41.9 Å². The molecule has 0 radical (unpaired) electrons. The Hall–Kier alpha value is -6.95. The molecule has 3 heterocycles. The number of hydrogen-bond acceptors (Lipinski definition) is 5. The Labute approximate surface area is 316 Å². The molecule has 0 amide bonds. The van der Waals surface area contributed by atoms with E-state index in [9.17, 15) is 0 Å². The lowest BCUT2D eigenvalue weighted by Crippen LogP contribution is -2.11. The number of rotatable bonds is 5. The maximum Gasteiger partial charge on any atom is 0.164 e. The van der Waals surface area contributed by atoms with Gasteiger partial charge in [-0.2, -0.15) is 0 Å². The minimum absolute atomic E-state index is 0.653. The number of aromatic nitrogens is 3. The van der Waals surface area contributed by atoms with E-state index in [1.807, 2.05) is 47.7 Å². The van der Waals surface area contributed by atoms with Crippen LogP contribution in [0.3, 0.4) is 0 Å². The molecule has 2 aromatic heterocycles. The van der Waals surface area contributed by atoms with Crippen LogP contribution in [0.15, 0.2) is 176 Å². The molecule has 0 fully saturated rings. The van der Waals surface area contributed by atoms with Gasteiger partial charge in [0.2, 0.25) is 0 Å². The predicted octanol–water partition coefficient (Wildman–Crippen LogP) is 13.3. The van der Waals surface area contributed by atoms with Gasteiger partial charge in [-0.15, -0.1) is 11.3 Å². The highest BCUT2D eigenvalue weighted by Gasteiger charge is 2.24. The zero-order chi connectivity index (χ0) is 35.6. The van der Waals surface area contributed by atoms with Crippen LogP contribution >= 0.6 is 11.3 Å². The largest absolute Gasteiger partial charge is 0.315 e. The van der Waals surface area contributed by atoms with Crippen molar-refractivity contribution in [3.8, 4) is 45.3 Å². The second-order valence-corrected chi connectivity index (χ2v) is 14.6. The van der Waals surface area contributed by atoms with Crippen molar-refractivity contribution >= 4 is 70.5 Å². The molecule has 4 nitrogen and oxygen atoms in total. The number of anilines is 2. The molecule has 0 unspecified atom stereocenters. The number of thiophene rings is 1. The van der Waals surface area contributed by atoms with E-state index in [2.05, 4.69) is 151 Å². The van der Waals surface area contributed by atoms with Crippen LogP contribution in [0.1, 0.15) is 5.56 Å². The summed E-state index contributed by atoms with van der Waals surface area (Å²) in [5, 5.41) is 7.34. The lowest BCUT2D eigenvalue weighted by atomic mass is 9.91. The third-order valence-electron chi connectivity index (χ3n) is 10.5. The predicted molar refractivity (Wildman–Crippen MR) is 227 cm³/mol. The fourth-order valence-corrected chi connectivity index (χ4v) is 9.29. The first kappa shape index (κ1) is 30.7. The van der Waals surface area contributed by atoms with Gasteiger partial charge in [-0.05, 0) is 63.2 Å². The van der Waals surface area contributed by atoms with Gasteiger partial charge < -0.3 is 4.90 Å². The molecule has 10 aromatic rings. The van der Waals surface area contributed by atoms with Crippen LogP contribution in [-0.2, 0) is 0 Å². The van der Waals surface area contributed by atoms with Gasteiger partial charge in [-0.1, -0.05) is 146 Å². The first-order valence-corrected chi connectivity index (χ1v) is 18.9. The smallest absolute Gasteiger partial charge is 0.164 e. The van der Waals surface area contributed by atoms with Gasteiger partial charge in [0.25, 0.3) is 0 Å². The third kappa shape index (κ3) is 4.86. The van der Waals surface area contributed by atoms with E-state index in [4.69, 9.17) is 15.0 Å². The Morgan fingerprint density at radius 3 is 1.76 bits per heavy atom. The Bertz CT molecular complexity index is 3040. The summed E-state index contributed by atoms with van der Waals surface area (Å²) in [5.74, 6) is 1.96. The minimum Gasteiger partial charge on any atom is -0.315 e. The average Bonchev–Trinajstić information content (AvgIpc) is 3.63. The lowest BCUT2D eigenvalue weighted by Gasteiger charge is -2.27. The van der Waals surface area contributed by atoms with Crippen molar-refractivity contribution in [2.75, 3.05) is 4.90 Å². The van der Waals surface area contributed by atoms with Crippen molar-refractivity contribution in [2.24, 2.45) is 0 Å². The summed E-state index contributed by atoms with van der Waals surface area (Å²) in [6.45, 7) is 0. The van der Waals surface area contributed by atoms with E-state index in [1.54, 1.807) is 0 Å². The van der Waals surface area contributed by atoms with Crippen LogP contribution in [0, 0.1) is 0 Å². The molecule has 8 aromatic carbocycles. The molecule has 1 aliphatic heterocycles. The van der Waals surface area contributed by atoms with Gasteiger partial charge in [0, 0.05) is 49.4 Å². The van der Waals surface area contributed by atoms with Gasteiger partial charge >= 0.3 is 0 Å². The fraction of sp³-hybridized carbons (Fsp3) is 0. The number of hydrogen-bond donors (Lipinski definition) is 0. The third-order valence-corrected chi connectivity index (χ3v) is 11.6. The molecule has 0 aliphatic carbocycles. The summed E-state index contributed by atoms with van der Waals surface area (Å²) in [7, 11) is 0. The highest BCUT2D eigenvalue weighted by molar-refractivity contribution is 7.26. The number of fused-ring (bicyclic) bond motifs is 5. The van der Waals surface area contributed by atoms with Crippen LogP contribution in [0.2, 0.25) is 0 Å². The van der Waals surface area contributed by atoms with Crippen molar-refractivity contribution in [3.05, 3.63) is 182 Å². The summed E-state index contributed by atoms with van der Waals surface area (Å²) in [6, 6.07) is 59.9. The van der Waals surface area contributed by atoms with Crippen molar-refractivity contribution < 1.29 is 0 Å². The lowest BCUT2D eigenvalue weighted by molar-refractivity contribution is 1.08. The zero-order valence-corrected chi connectivity index (χ0v) is 29.8. The van der Waals surface area contributed by atoms with Crippen molar-refractivity contribution in [3.63, 3.8) is 0 Å². The van der Waals surface area contributed by atoms with Crippen LogP contribution in [0.5, 0.6) is 0 Å². The Morgan fingerprint density at radius 2 is 1.04 bits per heavy atom. The van der Waals surface area contributed by atoms with E-state index < -0.39 is 0 Å². The summed E-state index contributed by atoms with van der Waals surface area (Å²) >= 11 is 1.88. The molecule has 54 heavy (non-hydrogen) atoms. The van der Waals surface area contributed by atoms with Gasteiger partial charge in [-0.25, -0.2) is 15.0 Å². The van der Waals surface area contributed by atoms with Gasteiger partial charge in [0.15, 0.2) is 17.5 Å². The molecule has 11 rings (SSSR count). The second-order valence-electron chi connectivity index (χ2n) is 13.6. The number of nitrogens with zero attached hydrogens (tertiary/aromatic N) is 4. The maximum absolute atomic E-state index is 5.10. The maximum atomic E-state index is 5.10. The molecule has 0 atom stereocenters. The van der Waals surface area contributed by atoms with Crippen LogP contribution in [0.4, 0.5) is 11.4 Å². The number of para-hydroxylation sites is 1. The minimum atomic E-state index is 0.653. The zero-order valence-electron chi connectivity index (χ0n) is 29.0. The quantitative estimate of drug-likeness (QED) is 0.179. The van der Waals surface area contributed by atoms with Gasteiger partial charge in [-0.3, -0.25) is 0 Å². The van der Waals surface area contributed by atoms with E-state index in [-0.39, 0.29) is 0 Å². The Balaban J connectivity index is 1.14. The fourth-order valence-electron chi connectivity index (χ4n) is 8.03. The molecule has 5 heteroatoms. The average molecular weight is 707 g/mol. The van der Waals surface area contributed by atoms with E-state index in [0.29, 0.717) is 17.5 Å². The first-order valence-electron chi connectivity index (χ1n) is 18.1. The molecule has 0 saturated heterocycles. The Kier molecular flexibility index (Phi) is 7.00. The normalized spacial score (nSPS) is 12.3. The van der Waals surface area contributed by atoms with Gasteiger partial charge in [0.05, 0.1) is 10.4 Å². The summed E-state index contributed by atoms with van der Waals surface area (Å²) in [6.07, 6.45) is 4.45. The first-order chi connectivity index (χ1) is 26.8. The van der Waals surface area contributed by atoms with E-state index in [0.717, 1.165) is 33.2 Å². The highest BCUT2D eigenvalue weighted by Crippen LogP contribution is 2.51. The highest BCUT2D eigenvalue weighted by atomic mass is 32.1. The van der Waals surface area contributed by atoms with Crippen LogP contribution in [0.25, 0.3) is 93.1 Å². The van der Waals surface area contributed by atoms with Crippen molar-refractivity contribution in [1.29, 1.82) is 0 Å².